The van der Waals surface area contributed by atoms with E-state index in [1.165, 1.54) is 0 Å². The summed E-state index contributed by atoms with van der Waals surface area (Å²) in [5.74, 6) is -3.09. The second kappa shape index (κ2) is 13.6. The molecule has 52 valence electrons. The van der Waals surface area contributed by atoms with Crippen LogP contribution in [0.2, 0.25) is 0 Å². The maximum atomic E-state index is 9.41. The van der Waals surface area contributed by atoms with Crippen molar-refractivity contribution in [2.45, 2.75) is 0 Å². The largest absolute Gasteiger partial charge is 1.00 e. The molecule has 0 aromatic carbocycles. The minimum atomic E-state index is -1.55. The second-order valence-corrected chi connectivity index (χ2v) is 0.971. The molecule has 0 rings (SSSR count). The zero-order valence-electron chi connectivity index (χ0n) is 6.20. The summed E-state index contributed by atoms with van der Waals surface area (Å²) in [6, 6.07) is 0. The standard InChI is InChI=1S/C4H4O4.ClH.2Na/c5-3(6)1-2-4(7)8;;;/h1-2H,(H,5,6)(H,7,8);1H;;/q;;2*+1/p-2/b2-1-;;;. The Kier molecular flexibility index (Phi) is 27.9. The van der Waals surface area contributed by atoms with Crippen LogP contribution in [0.25, 0.3) is 0 Å². The van der Waals surface area contributed by atoms with E-state index < -0.39 is 11.9 Å². The molecule has 0 fully saturated rings. The van der Waals surface area contributed by atoms with Crippen molar-refractivity contribution in [3.05, 3.63) is 12.2 Å². The Balaban J connectivity index is -0.0000000817. The summed E-state index contributed by atoms with van der Waals surface area (Å²) >= 11 is 0. The van der Waals surface area contributed by atoms with Gasteiger partial charge in [-0.25, -0.2) is 0 Å². The molecule has 11 heavy (non-hydrogen) atoms. The molecule has 7 heteroatoms. The van der Waals surface area contributed by atoms with Gasteiger partial charge < -0.3 is 19.8 Å². The van der Waals surface area contributed by atoms with Gasteiger partial charge in [-0.2, -0.15) is 0 Å². The Labute approximate surface area is 114 Å². The van der Waals surface area contributed by atoms with Crippen molar-refractivity contribution in [2.24, 2.45) is 0 Å². The second-order valence-electron chi connectivity index (χ2n) is 0.971. The molecule has 0 unspecified atom stereocenters. The number of carboxylic acids is 2. The van der Waals surface area contributed by atoms with Crippen LogP contribution in [0.4, 0.5) is 0 Å². The van der Waals surface area contributed by atoms with Crippen molar-refractivity contribution in [3.8, 4) is 0 Å². The summed E-state index contributed by atoms with van der Waals surface area (Å²) in [6.07, 6.45) is 0.769. The molecule has 0 radical (unpaired) electrons. The molecule has 0 amide bonds. The molecule has 4 nitrogen and oxygen atoms in total. The van der Waals surface area contributed by atoms with Gasteiger partial charge in [0.05, 0.1) is 11.9 Å². The van der Waals surface area contributed by atoms with Gasteiger partial charge in [0.1, 0.15) is 0 Å². The van der Waals surface area contributed by atoms with Gasteiger partial charge in [0.15, 0.2) is 0 Å². The smallest absolute Gasteiger partial charge is 0.545 e. The van der Waals surface area contributed by atoms with Crippen LogP contribution in [0.15, 0.2) is 12.2 Å². The van der Waals surface area contributed by atoms with Gasteiger partial charge in [-0.15, -0.1) is 12.4 Å². The SMILES string of the molecule is Cl.O=C([O-])/C=C\C(=O)[O-].[Na+].[Na+]. The fourth-order valence-electron chi connectivity index (χ4n) is 0.136. The number of carbonyl (C=O) groups excluding carboxylic acids is 2. The summed E-state index contributed by atoms with van der Waals surface area (Å²) in [7, 11) is 0. The molecule has 0 aliphatic rings. The monoisotopic (exact) mass is 196 g/mol. The van der Waals surface area contributed by atoms with Crippen LogP contribution in [0.1, 0.15) is 0 Å². The maximum Gasteiger partial charge on any atom is 1.00 e. The van der Waals surface area contributed by atoms with E-state index in [4.69, 9.17) is 0 Å². The van der Waals surface area contributed by atoms with Crippen LogP contribution in [0.3, 0.4) is 0 Å². The average Bonchev–Trinajstić information content (AvgIpc) is 1.61. The molecule has 0 aliphatic carbocycles. The van der Waals surface area contributed by atoms with Gasteiger partial charge in [0.25, 0.3) is 0 Å². The first-order valence-electron chi connectivity index (χ1n) is 1.73. The fraction of sp³-hybridized carbons (Fsp3) is 0. The molecule has 0 aromatic heterocycles. The summed E-state index contributed by atoms with van der Waals surface area (Å²) in [5.41, 5.74) is 0. The fourth-order valence-corrected chi connectivity index (χ4v) is 0.136. The van der Waals surface area contributed by atoms with Crippen molar-refractivity contribution in [1.82, 2.24) is 0 Å². The summed E-state index contributed by atoms with van der Waals surface area (Å²) in [6.45, 7) is 0. The minimum absolute atomic E-state index is 0. The van der Waals surface area contributed by atoms with E-state index in [0.29, 0.717) is 12.2 Å². The molecule has 0 N–H and O–H groups in total. The number of rotatable bonds is 2. The molecule has 0 saturated heterocycles. The van der Waals surface area contributed by atoms with E-state index in [-0.39, 0.29) is 71.5 Å². The average molecular weight is 196 g/mol. The van der Waals surface area contributed by atoms with E-state index in [1.807, 2.05) is 0 Å². The first-order valence-corrected chi connectivity index (χ1v) is 1.73. The molecular formula is C4H3ClNa2O4. The van der Waals surface area contributed by atoms with Gasteiger partial charge in [0, 0.05) is 0 Å². The molecule has 0 aromatic rings. The van der Waals surface area contributed by atoms with Crippen LogP contribution >= 0.6 is 12.4 Å². The first kappa shape index (κ1) is 22.7. The van der Waals surface area contributed by atoms with E-state index in [2.05, 4.69) is 0 Å². The van der Waals surface area contributed by atoms with Crippen LogP contribution in [-0.4, -0.2) is 11.9 Å². The third kappa shape index (κ3) is 24.8. The van der Waals surface area contributed by atoms with Crippen molar-refractivity contribution in [1.29, 1.82) is 0 Å². The van der Waals surface area contributed by atoms with E-state index in [0.717, 1.165) is 0 Å². The Morgan fingerprint density at radius 1 is 0.909 bits per heavy atom. The minimum Gasteiger partial charge on any atom is -0.545 e. The Morgan fingerprint density at radius 3 is 1.18 bits per heavy atom. The molecule has 0 aliphatic heterocycles. The summed E-state index contributed by atoms with van der Waals surface area (Å²) in [4.78, 5) is 18.8. The number of carbonyl (C=O) groups is 2. The van der Waals surface area contributed by atoms with Crippen LogP contribution in [0, 0.1) is 0 Å². The van der Waals surface area contributed by atoms with Crippen LogP contribution in [0.5, 0.6) is 0 Å². The number of hydrogen-bond acceptors (Lipinski definition) is 4. The van der Waals surface area contributed by atoms with Gasteiger partial charge in [-0.3, -0.25) is 0 Å². The zero-order chi connectivity index (χ0) is 6.57. The number of hydrogen-bond donors (Lipinski definition) is 0. The molecule has 0 atom stereocenters. The van der Waals surface area contributed by atoms with E-state index >= 15 is 0 Å². The Bertz CT molecular complexity index is 131. The zero-order valence-corrected chi connectivity index (χ0v) is 11.0. The third-order valence-corrected chi connectivity index (χ3v) is 0.355. The van der Waals surface area contributed by atoms with Gasteiger partial charge in [0.2, 0.25) is 0 Å². The molecule has 0 bridgehead atoms. The predicted octanol–water partition coefficient (Wildman–Crippen LogP) is -8.53. The Hall–Kier alpha value is 0.970. The number of halogens is 1. The number of aliphatic carboxylic acids is 2. The van der Waals surface area contributed by atoms with Gasteiger partial charge in [-0.1, -0.05) is 0 Å². The van der Waals surface area contributed by atoms with Crippen LogP contribution in [-0.2, 0) is 9.59 Å². The van der Waals surface area contributed by atoms with Crippen molar-refractivity contribution in [2.75, 3.05) is 0 Å². The molecular weight excluding hydrogens is 193 g/mol. The summed E-state index contributed by atoms with van der Waals surface area (Å²) < 4.78 is 0. The molecule has 0 heterocycles. The van der Waals surface area contributed by atoms with Crippen molar-refractivity contribution in [3.63, 3.8) is 0 Å². The topological polar surface area (TPSA) is 80.3 Å². The Morgan fingerprint density at radius 2 is 1.09 bits per heavy atom. The predicted molar refractivity (Wildman–Crippen MR) is 26.4 cm³/mol. The third-order valence-electron chi connectivity index (χ3n) is 0.355. The normalized spacial score (nSPS) is 6.91. The van der Waals surface area contributed by atoms with Gasteiger partial charge in [-0.05, 0) is 12.2 Å². The quantitative estimate of drug-likeness (QED) is 0.325. The van der Waals surface area contributed by atoms with Crippen molar-refractivity contribution >= 4 is 24.3 Å². The van der Waals surface area contributed by atoms with Crippen LogP contribution < -0.4 is 69.3 Å². The first-order chi connectivity index (χ1) is 3.63. The molecule has 0 saturated carbocycles. The van der Waals surface area contributed by atoms with E-state index in [9.17, 15) is 19.8 Å². The maximum absolute atomic E-state index is 9.41. The van der Waals surface area contributed by atoms with Crippen molar-refractivity contribution < 1.29 is 78.9 Å². The van der Waals surface area contributed by atoms with E-state index in [1.54, 1.807) is 0 Å². The van der Waals surface area contributed by atoms with Gasteiger partial charge >= 0.3 is 59.1 Å². The number of carboxylic acid groups (broad SMARTS) is 2. The summed E-state index contributed by atoms with van der Waals surface area (Å²) in [5, 5.41) is 18.8. The molecule has 0 spiro atoms.